The summed E-state index contributed by atoms with van der Waals surface area (Å²) < 4.78 is 6.05. The van der Waals surface area contributed by atoms with Gasteiger partial charge in [-0.15, -0.1) is 54.1 Å². The number of nitrogens with zero attached hydrogens (tertiary/aromatic N) is 2. The van der Waals surface area contributed by atoms with E-state index in [2.05, 4.69) is 41.2 Å². The van der Waals surface area contributed by atoms with Gasteiger partial charge in [0, 0.05) is 37.9 Å². The van der Waals surface area contributed by atoms with E-state index in [1.165, 1.54) is 10.9 Å². The summed E-state index contributed by atoms with van der Waals surface area (Å²) >= 11 is 0. The van der Waals surface area contributed by atoms with Gasteiger partial charge in [-0.2, -0.15) is 0 Å². The fraction of sp³-hybridized carbons (Fsp3) is 0.0345. The molecule has 0 unspecified atom stereocenters. The second-order valence-electron chi connectivity index (χ2n) is 7.35. The second-order valence-corrected chi connectivity index (χ2v) is 7.35. The Balaban J connectivity index is 0.000000172. The molecule has 6 aromatic rings. The minimum atomic E-state index is 0. The van der Waals surface area contributed by atoms with Gasteiger partial charge in [0.2, 0.25) is 0 Å². The number of fused-ring (bicyclic) bond motifs is 3. The molecule has 3 heterocycles. The molecular weight excluding hydrogens is 585 g/mol. The maximum atomic E-state index is 6.05. The van der Waals surface area contributed by atoms with Gasteiger partial charge in [-0.1, -0.05) is 47.3 Å². The Kier molecular flexibility index (Phi) is 7.09. The molecule has 1 radical (unpaired) electrons. The van der Waals surface area contributed by atoms with E-state index >= 15 is 0 Å². The van der Waals surface area contributed by atoms with Crippen molar-refractivity contribution in [3.05, 3.63) is 121 Å². The molecule has 0 aliphatic heterocycles. The molecule has 0 saturated heterocycles. The molecule has 3 nitrogen and oxygen atoms in total. The maximum Gasteiger partial charge on any atom is 0.121 e. The molecule has 4 heteroatoms. The summed E-state index contributed by atoms with van der Waals surface area (Å²) in [6, 6.07) is 36.1. The van der Waals surface area contributed by atoms with E-state index in [9.17, 15) is 0 Å². The zero-order valence-corrected chi connectivity index (χ0v) is 20.3. The quantitative estimate of drug-likeness (QED) is 0.195. The van der Waals surface area contributed by atoms with E-state index in [1.807, 2.05) is 78.9 Å². The number of aromatic nitrogens is 2. The predicted molar refractivity (Wildman–Crippen MR) is 129 cm³/mol. The predicted octanol–water partition coefficient (Wildman–Crippen LogP) is 7.30. The van der Waals surface area contributed by atoms with Crippen LogP contribution in [0.1, 0.15) is 5.56 Å². The number of benzene rings is 3. The van der Waals surface area contributed by atoms with Gasteiger partial charge in [-0.05, 0) is 42.1 Å². The van der Waals surface area contributed by atoms with Gasteiger partial charge in [-0.25, -0.2) is 0 Å². The standard InChI is InChI=1S/C18H12NO.C11H8N.Ir/c1-12-6-4-10-16-17(12)14-8-5-7-13(18(14)20-16)15-9-2-3-11-19-15;1-2-6-10(7-3-1)11-8-4-5-9-12-11;/h2-6,8-11H,1H3;1-6,8-9H;/q2*-1;. The summed E-state index contributed by atoms with van der Waals surface area (Å²) in [5.74, 6) is 0. The van der Waals surface area contributed by atoms with Crippen LogP contribution in [0, 0.1) is 19.1 Å². The summed E-state index contributed by atoms with van der Waals surface area (Å²) in [7, 11) is 0. The molecule has 33 heavy (non-hydrogen) atoms. The summed E-state index contributed by atoms with van der Waals surface area (Å²) in [6.07, 6.45) is 3.58. The Labute approximate surface area is 206 Å². The molecule has 0 atom stereocenters. The average Bonchev–Trinajstić information content (AvgIpc) is 3.26. The van der Waals surface area contributed by atoms with E-state index < -0.39 is 0 Å². The molecule has 3 aromatic carbocycles. The number of furan rings is 1. The van der Waals surface area contributed by atoms with Crippen molar-refractivity contribution in [3.63, 3.8) is 0 Å². The molecule has 0 aliphatic carbocycles. The van der Waals surface area contributed by atoms with Gasteiger partial charge in [0.25, 0.3) is 0 Å². The average molecular weight is 605 g/mol. The number of rotatable bonds is 2. The zero-order valence-electron chi connectivity index (χ0n) is 18.0. The van der Waals surface area contributed by atoms with Crippen molar-refractivity contribution in [2.75, 3.05) is 0 Å². The molecule has 0 bridgehead atoms. The van der Waals surface area contributed by atoms with Crippen molar-refractivity contribution in [1.29, 1.82) is 0 Å². The van der Waals surface area contributed by atoms with Crippen LogP contribution in [0.15, 0.2) is 108 Å². The zero-order chi connectivity index (χ0) is 21.8. The van der Waals surface area contributed by atoms with Crippen molar-refractivity contribution in [2.24, 2.45) is 0 Å². The number of hydrogen-bond donors (Lipinski definition) is 0. The molecule has 0 amide bonds. The molecule has 0 aliphatic rings. The SMILES string of the molecule is Cc1cccc2oc3c(-c4ccccn4)[c-]ccc3c12.[Ir].[c-]1ccccc1-c1ccccn1. The molecule has 0 spiro atoms. The maximum absolute atomic E-state index is 6.05. The minimum absolute atomic E-state index is 0. The summed E-state index contributed by atoms with van der Waals surface area (Å²) in [5, 5.41) is 2.30. The van der Waals surface area contributed by atoms with Gasteiger partial charge in [-0.3, -0.25) is 0 Å². The van der Waals surface area contributed by atoms with Gasteiger partial charge in [0.1, 0.15) is 5.58 Å². The number of aryl methyl sites for hydroxylation is 1. The van der Waals surface area contributed by atoms with Crippen molar-refractivity contribution in [3.8, 4) is 22.5 Å². The monoisotopic (exact) mass is 605 g/mol. The van der Waals surface area contributed by atoms with Gasteiger partial charge in [0.15, 0.2) is 0 Å². The third kappa shape index (κ3) is 4.78. The molecule has 163 valence electrons. The van der Waals surface area contributed by atoms with E-state index in [4.69, 9.17) is 4.42 Å². The van der Waals surface area contributed by atoms with Crippen molar-refractivity contribution in [1.82, 2.24) is 9.97 Å². The van der Waals surface area contributed by atoms with E-state index in [0.717, 1.165) is 39.1 Å². The van der Waals surface area contributed by atoms with Crippen LogP contribution in [0.4, 0.5) is 0 Å². The Morgan fingerprint density at radius 2 is 1.45 bits per heavy atom. The Hall–Kier alpha value is -3.59. The number of pyridine rings is 2. The first-order chi connectivity index (χ1) is 15.8. The topological polar surface area (TPSA) is 38.9 Å². The Morgan fingerprint density at radius 1 is 0.697 bits per heavy atom. The number of hydrogen-bond acceptors (Lipinski definition) is 3. The van der Waals surface area contributed by atoms with Gasteiger partial charge < -0.3 is 14.4 Å². The third-order valence-corrected chi connectivity index (χ3v) is 5.24. The second kappa shape index (κ2) is 10.4. The fourth-order valence-electron chi connectivity index (χ4n) is 3.74. The molecular formula is C29H20IrN2O-2. The van der Waals surface area contributed by atoms with Crippen LogP contribution in [-0.4, -0.2) is 9.97 Å². The molecule has 3 aromatic heterocycles. The molecule has 0 fully saturated rings. The smallest absolute Gasteiger partial charge is 0.121 e. The third-order valence-electron chi connectivity index (χ3n) is 5.24. The van der Waals surface area contributed by atoms with Crippen LogP contribution < -0.4 is 0 Å². The Bertz CT molecular complexity index is 1430. The van der Waals surface area contributed by atoms with Crippen molar-refractivity contribution in [2.45, 2.75) is 6.92 Å². The van der Waals surface area contributed by atoms with Crippen molar-refractivity contribution >= 4 is 21.9 Å². The van der Waals surface area contributed by atoms with Gasteiger partial charge >= 0.3 is 0 Å². The first kappa shape index (κ1) is 22.6. The van der Waals surface area contributed by atoms with Crippen LogP contribution in [0.5, 0.6) is 0 Å². The first-order valence-electron chi connectivity index (χ1n) is 10.4. The van der Waals surface area contributed by atoms with Crippen LogP contribution in [-0.2, 0) is 20.1 Å². The van der Waals surface area contributed by atoms with E-state index in [1.54, 1.807) is 12.4 Å². The van der Waals surface area contributed by atoms with Crippen LogP contribution in [0.2, 0.25) is 0 Å². The largest absolute Gasteiger partial charge is 0.501 e. The van der Waals surface area contributed by atoms with Crippen molar-refractivity contribution < 1.29 is 24.5 Å². The summed E-state index contributed by atoms with van der Waals surface area (Å²) in [6.45, 7) is 2.11. The van der Waals surface area contributed by atoms with Gasteiger partial charge in [0.05, 0.1) is 5.58 Å². The molecule has 0 N–H and O–H groups in total. The van der Waals surface area contributed by atoms with Crippen LogP contribution >= 0.6 is 0 Å². The summed E-state index contributed by atoms with van der Waals surface area (Å²) in [5.41, 5.74) is 6.80. The fourth-order valence-corrected chi connectivity index (χ4v) is 3.74. The summed E-state index contributed by atoms with van der Waals surface area (Å²) in [4.78, 5) is 8.62. The molecule has 6 rings (SSSR count). The minimum Gasteiger partial charge on any atom is -0.501 e. The normalized spacial score (nSPS) is 10.3. The Morgan fingerprint density at radius 3 is 2.15 bits per heavy atom. The van der Waals surface area contributed by atoms with Crippen LogP contribution in [0.3, 0.4) is 0 Å². The molecule has 0 saturated carbocycles. The van der Waals surface area contributed by atoms with E-state index in [-0.39, 0.29) is 20.1 Å². The van der Waals surface area contributed by atoms with Crippen LogP contribution in [0.25, 0.3) is 44.5 Å². The van der Waals surface area contributed by atoms with E-state index in [0.29, 0.717) is 0 Å². The first-order valence-corrected chi connectivity index (χ1v) is 10.4.